The standard InChI is InChI=1S/C17H24O6/c1-5-21-14(18)9-8-13-11-17(10-12(13)4,15(19)22-6-2)16(20)23-7-3/h8-9H,5-7,10-11H2,1-4H3/b9-8-. The Hall–Kier alpha value is -2.11. The molecule has 0 bridgehead atoms. The summed E-state index contributed by atoms with van der Waals surface area (Å²) in [6.45, 7) is 7.58. The topological polar surface area (TPSA) is 78.9 Å². The van der Waals surface area contributed by atoms with E-state index >= 15 is 0 Å². The molecule has 1 aliphatic rings. The summed E-state index contributed by atoms with van der Waals surface area (Å²) < 4.78 is 15.0. The molecule has 0 aromatic carbocycles. The zero-order chi connectivity index (χ0) is 17.5. The third-order valence-corrected chi connectivity index (χ3v) is 3.65. The van der Waals surface area contributed by atoms with Crippen molar-refractivity contribution in [1.29, 1.82) is 0 Å². The van der Waals surface area contributed by atoms with Crippen LogP contribution in [-0.4, -0.2) is 37.7 Å². The maximum atomic E-state index is 12.3. The van der Waals surface area contributed by atoms with Gasteiger partial charge < -0.3 is 14.2 Å². The first kappa shape index (κ1) is 18.9. The van der Waals surface area contributed by atoms with Gasteiger partial charge in [0, 0.05) is 6.08 Å². The highest BCUT2D eigenvalue weighted by atomic mass is 16.6. The monoisotopic (exact) mass is 324 g/mol. The molecule has 6 heteroatoms. The van der Waals surface area contributed by atoms with Crippen molar-refractivity contribution in [3.05, 3.63) is 23.3 Å². The van der Waals surface area contributed by atoms with Gasteiger partial charge in [-0.15, -0.1) is 0 Å². The molecule has 23 heavy (non-hydrogen) atoms. The van der Waals surface area contributed by atoms with Gasteiger partial charge in [0.05, 0.1) is 19.8 Å². The second-order valence-electron chi connectivity index (χ2n) is 5.27. The summed E-state index contributed by atoms with van der Waals surface area (Å²) in [5.74, 6) is -1.63. The van der Waals surface area contributed by atoms with Crippen LogP contribution in [-0.2, 0) is 28.6 Å². The number of hydrogen-bond donors (Lipinski definition) is 0. The van der Waals surface area contributed by atoms with Crippen LogP contribution in [0.5, 0.6) is 0 Å². The first-order chi connectivity index (χ1) is 10.9. The minimum Gasteiger partial charge on any atom is -0.465 e. The number of allylic oxidation sites excluding steroid dienone is 3. The highest BCUT2D eigenvalue weighted by molar-refractivity contribution is 6.01. The molecule has 0 aliphatic heterocycles. The molecular weight excluding hydrogens is 300 g/mol. The molecule has 0 aromatic heterocycles. The first-order valence-electron chi connectivity index (χ1n) is 7.79. The second-order valence-corrected chi connectivity index (χ2v) is 5.27. The zero-order valence-electron chi connectivity index (χ0n) is 14.1. The lowest BCUT2D eigenvalue weighted by molar-refractivity contribution is -0.171. The Bertz CT molecular complexity index is 511. The van der Waals surface area contributed by atoms with Gasteiger partial charge in [-0.1, -0.05) is 11.6 Å². The van der Waals surface area contributed by atoms with Crippen molar-refractivity contribution in [2.75, 3.05) is 19.8 Å². The lowest BCUT2D eigenvalue weighted by atomic mass is 9.83. The van der Waals surface area contributed by atoms with Crippen molar-refractivity contribution in [3.8, 4) is 0 Å². The van der Waals surface area contributed by atoms with E-state index in [4.69, 9.17) is 14.2 Å². The third-order valence-electron chi connectivity index (χ3n) is 3.65. The number of esters is 3. The first-order valence-corrected chi connectivity index (χ1v) is 7.79. The van der Waals surface area contributed by atoms with Crippen LogP contribution in [0, 0.1) is 5.41 Å². The maximum Gasteiger partial charge on any atom is 0.330 e. The van der Waals surface area contributed by atoms with Crippen LogP contribution in [0.2, 0.25) is 0 Å². The molecular formula is C17H24O6. The van der Waals surface area contributed by atoms with Crippen molar-refractivity contribution in [2.45, 2.75) is 40.5 Å². The van der Waals surface area contributed by atoms with Gasteiger partial charge in [0.1, 0.15) is 0 Å². The normalized spacial score (nSPS) is 16.5. The molecule has 0 saturated carbocycles. The van der Waals surface area contributed by atoms with Crippen molar-refractivity contribution in [3.63, 3.8) is 0 Å². The third kappa shape index (κ3) is 4.43. The minimum absolute atomic E-state index is 0.159. The molecule has 128 valence electrons. The predicted octanol–water partition coefficient (Wildman–Crippen LogP) is 2.33. The zero-order valence-corrected chi connectivity index (χ0v) is 14.1. The summed E-state index contributed by atoms with van der Waals surface area (Å²) in [5.41, 5.74) is 0.246. The Morgan fingerprint density at radius 1 is 0.957 bits per heavy atom. The van der Waals surface area contributed by atoms with E-state index in [1.807, 2.05) is 6.92 Å². The number of hydrogen-bond acceptors (Lipinski definition) is 6. The van der Waals surface area contributed by atoms with E-state index in [9.17, 15) is 14.4 Å². The van der Waals surface area contributed by atoms with Crippen molar-refractivity contribution >= 4 is 17.9 Å². The average Bonchev–Trinajstić information content (AvgIpc) is 2.84. The van der Waals surface area contributed by atoms with Crippen molar-refractivity contribution in [2.24, 2.45) is 5.41 Å². The summed E-state index contributed by atoms with van der Waals surface area (Å²) in [7, 11) is 0. The number of rotatable bonds is 7. The van der Waals surface area contributed by atoms with Crippen molar-refractivity contribution < 1.29 is 28.6 Å². The molecule has 0 N–H and O–H groups in total. The summed E-state index contributed by atoms with van der Waals surface area (Å²) in [5, 5.41) is 0. The fourth-order valence-electron chi connectivity index (χ4n) is 2.58. The van der Waals surface area contributed by atoms with Crippen LogP contribution in [0.3, 0.4) is 0 Å². The van der Waals surface area contributed by atoms with Gasteiger partial charge in [-0.25, -0.2) is 4.79 Å². The summed E-state index contributed by atoms with van der Waals surface area (Å²) in [6, 6.07) is 0. The smallest absolute Gasteiger partial charge is 0.330 e. The molecule has 0 radical (unpaired) electrons. The van der Waals surface area contributed by atoms with Crippen molar-refractivity contribution in [1.82, 2.24) is 0 Å². The van der Waals surface area contributed by atoms with Gasteiger partial charge in [0.15, 0.2) is 5.41 Å². The van der Waals surface area contributed by atoms with E-state index in [-0.39, 0.29) is 32.7 Å². The van der Waals surface area contributed by atoms with Gasteiger partial charge in [-0.05, 0) is 46.1 Å². The van der Waals surface area contributed by atoms with Crippen LogP contribution >= 0.6 is 0 Å². The lowest BCUT2D eigenvalue weighted by Gasteiger charge is -2.24. The van der Waals surface area contributed by atoms with Gasteiger partial charge >= 0.3 is 17.9 Å². The Morgan fingerprint density at radius 3 is 1.96 bits per heavy atom. The molecule has 0 saturated heterocycles. The van der Waals surface area contributed by atoms with Crippen LogP contribution in [0.15, 0.2) is 23.3 Å². The Balaban J connectivity index is 2.99. The molecule has 6 nitrogen and oxygen atoms in total. The quantitative estimate of drug-likeness (QED) is 0.309. The van der Waals surface area contributed by atoms with Crippen LogP contribution in [0.25, 0.3) is 0 Å². The Labute approximate surface area is 136 Å². The molecule has 1 rings (SSSR count). The molecule has 0 unspecified atom stereocenters. The van der Waals surface area contributed by atoms with Gasteiger partial charge in [0.25, 0.3) is 0 Å². The second kappa shape index (κ2) is 8.50. The lowest BCUT2D eigenvalue weighted by Crippen LogP contribution is -2.40. The maximum absolute atomic E-state index is 12.3. The van der Waals surface area contributed by atoms with E-state index in [1.165, 1.54) is 6.08 Å². The highest BCUT2D eigenvalue weighted by Gasteiger charge is 2.52. The highest BCUT2D eigenvalue weighted by Crippen LogP contribution is 2.44. The van der Waals surface area contributed by atoms with E-state index in [0.717, 1.165) is 11.1 Å². The molecule has 0 heterocycles. The Morgan fingerprint density at radius 2 is 1.48 bits per heavy atom. The largest absolute Gasteiger partial charge is 0.465 e. The molecule has 1 aliphatic carbocycles. The summed E-state index contributed by atoms with van der Waals surface area (Å²) in [6.07, 6.45) is 3.28. The van der Waals surface area contributed by atoms with Crippen LogP contribution in [0.1, 0.15) is 40.5 Å². The van der Waals surface area contributed by atoms with E-state index < -0.39 is 23.3 Å². The fourth-order valence-corrected chi connectivity index (χ4v) is 2.58. The SMILES string of the molecule is CCOC(=O)/C=C\C1=C(C)CC(C(=O)OCC)(C(=O)OCC)C1. The van der Waals surface area contributed by atoms with Gasteiger partial charge in [0.2, 0.25) is 0 Å². The molecule has 0 spiro atoms. The molecule has 0 aromatic rings. The number of ether oxygens (including phenoxy) is 3. The van der Waals surface area contributed by atoms with Gasteiger partial charge in [-0.3, -0.25) is 9.59 Å². The van der Waals surface area contributed by atoms with Gasteiger partial charge in [-0.2, -0.15) is 0 Å². The molecule has 0 atom stereocenters. The molecule has 0 fully saturated rings. The number of carbonyl (C=O) groups is 3. The van der Waals surface area contributed by atoms with Crippen LogP contribution in [0.4, 0.5) is 0 Å². The minimum atomic E-state index is -1.36. The van der Waals surface area contributed by atoms with E-state index in [2.05, 4.69) is 0 Å². The van der Waals surface area contributed by atoms with E-state index in [1.54, 1.807) is 26.8 Å². The van der Waals surface area contributed by atoms with E-state index in [0.29, 0.717) is 0 Å². The predicted molar refractivity (Wildman–Crippen MR) is 83.4 cm³/mol. The summed E-state index contributed by atoms with van der Waals surface area (Å²) >= 11 is 0. The Kier molecular flexibility index (Phi) is 7.00. The fraction of sp³-hybridized carbons (Fsp3) is 0.588. The van der Waals surface area contributed by atoms with Crippen LogP contribution < -0.4 is 0 Å². The number of carbonyl (C=O) groups excluding carboxylic acids is 3. The average molecular weight is 324 g/mol. The summed E-state index contributed by atoms with van der Waals surface area (Å²) in [4.78, 5) is 36.1. The molecule has 0 amide bonds.